The van der Waals surface area contributed by atoms with Gasteiger partial charge in [0.1, 0.15) is 5.75 Å². The van der Waals surface area contributed by atoms with Crippen LogP contribution in [0.15, 0.2) is 48.1 Å². The number of benzene rings is 1. The van der Waals surface area contributed by atoms with Crippen molar-refractivity contribution >= 4 is 14.1 Å². The minimum Gasteiger partial charge on any atom is -0.497 e. The Morgan fingerprint density at radius 1 is 1.05 bits per heavy atom. The van der Waals surface area contributed by atoms with Gasteiger partial charge in [0.15, 0.2) is 14.1 Å². The topological polar surface area (TPSA) is 44.8 Å². The first kappa shape index (κ1) is 32.8. The van der Waals surface area contributed by atoms with Crippen LogP contribution in [0, 0.1) is 17.8 Å². The molecule has 5 heteroatoms. The maximum Gasteiger partial charge on any atom is 0.192 e. The lowest BCUT2D eigenvalue weighted by molar-refractivity contribution is -0.114. The lowest BCUT2D eigenvalue weighted by Crippen LogP contribution is -2.45. The van der Waals surface area contributed by atoms with E-state index in [1.807, 2.05) is 18.2 Å². The van der Waals surface area contributed by atoms with Gasteiger partial charge in [-0.3, -0.25) is 4.79 Å². The summed E-state index contributed by atoms with van der Waals surface area (Å²) in [5.74, 6) is 2.67. The fourth-order valence-electron chi connectivity index (χ4n) is 5.94. The number of allylic oxidation sites excluding steroid dienone is 3. The van der Waals surface area contributed by atoms with Gasteiger partial charge in [0.05, 0.1) is 19.8 Å². The molecule has 0 radical (unpaired) electrons. The summed E-state index contributed by atoms with van der Waals surface area (Å²) < 4.78 is 18.1. The summed E-state index contributed by atoms with van der Waals surface area (Å²) in [6, 6.07) is 8.10. The van der Waals surface area contributed by atoms with Crippen LogP contribution in [0.25, 0.3) is 0 Å². The number of fused-ring (bicyclic) bond motifs is 1. The predicted molar refractivity (Wildman–Crippen MR) is 169 cm³/mol. The molecule has 40 heavy (non-hydrogen) atoms. The summed E-state index contributed by atoms with van der Waals surface area (Å²) in [5.41, 5.74) is 2.80. The number of hydrogen-bond acceptors (Lipinski definition) is 4. The Morgan fingerprint density at radius 2 is 1.80 bits per heavy atom. The molecule has 4 atom stereocenters. The number of rotatable bonds is 17. The third kappa shape index (κ3) is 9.70. The van der Waals surface area contributed by atoms with Crippen LogP contribution in [0.2, 0.25) is 18.1 Å². The molecule has 0 spiro atoms. The lowest BCUT2D eigenvalue weighted by atomic mass is 9.88. The fraction of sp³-hybridized carbons (Fsp3) is 0.686. The second-order valence-corrected chi connectivity index (χ2v) is 18.3. The summed E-state index contributed by atoms with van der Waals surface area (Å²) in [5, 5.41) is 0.189. The van der Waals surface area contributed by atoms with E-state index in [0.717, 1.165) is 50.9 Å². The van der Waals surface area contributed by atoms with Crippen LogP contribution in [0.1, 0.15) is 97.5 Å². The molecule has 0 heterocycles. The maximum atomic E-state index is 12.6. The molecule has 1 aromatic carbocycles. The molecule has 1 fully saturated rings. The predicted octanol–water partition coefficient (Wildman–Crippen LogP) is 9.45. The fourth-order valence-corrected chi connectivity index (χ4v) is 7.31. The number of unbranched alkanes of at least 4 members (excludes halogenated alkanes) is 4. The second-order valence-electron chi connectivity index (χ2n) is 13.6. The van der Waals surface area contributed by atoms with Crippen molar-refractivity contribution in [2.45, 2.75) is 123 Å². The molecule has 0 amide bonds. The highest BCUT2D eigenvalue weighted by atomic mass is 28.4. The van der Waals surface area contributed by atoms with E-state index in [1.54, 1.807) is 12.7 Å². The van der Waals surface area contributed by atoms with Crippen LogP contribution in [-0.2, 0) is 20.6 Å². The number of ketones is 1. The van der Waals surface area contributed by atoms with Gasteiger partial charge < -0.3 is 13.9 Å². The zero-order chi connectivity index (χ0) is 29.2. The Hall–Kier alpha value is -1.69. The van der Waals surface area contributed by atoms with Crippen LogP contribution in [-0.4, -0.2) is 33.9 Å². The van der Waals surface area contributed by atoms with Crippen molar-refractivity contribution < 1.29 is 18.7 Å². The van der Waals surface area contributed by atoms with E-state index in [2.05, 4.69) is 65.1 Å². The molecule has 2 aliphatic rings. The summed E-state index contributed by atoms with van der Waals surface area (Å²) in [7, 11) is -0.190. The first-order valence-electron chi connectivity index (χ1n) is 15.8. The normalized spacial score (nSPS) is 23.0. The molecule has 0 saturated heterocycles. The van der Waals surface area contributed by atoms with Gasteiger partial charge in [-0.25, -0.2) is 0 Å². The van der Waals surface area contributed by atoms with Gasteiger partial charge >= 0.3 is 0 Å². The first-order chi connectivity index (χ1) is 19.0. The molecule has 0 aromatic heterocycles. The van der Waals surface area contributed by atoms with Crippen LogP contribution in [0.3, 0.4) is 0 Å². The largest absolute Gasteiger partial charge is 0.497 e. The smallest absolute Gasteiger partial charge is 0.192 e. The monoisotopic (exact) mass is 568 g/mol. The third-order valence-electron chi connectivity index (χ3n) is 9.42. The van der Waals surface area contributed by atoms with Gasteiger partial charge in [-0.15, -0.1) is 0 Å². The quantitative estimate of drug-likeness (QED) is 0.0812. The zero-order valence-corrected chi connectivity index (χ0v) is 27.5. The number of carbonyl (C=O) groups excluding carboxylic acids is 1. The Balaban J connectivity index is 1.47. The van der Waals surface area contributed by atoms with Gasteiger partial charge in [-0.2, -0.15) is 0 Å². The summed E-state index contributed by atoms with van der Waals surface area (Å²) in [4.78, 5) is 12.6. The second kappa shape index (κ2) is 15.5. The zero-order valence-electron chi connectivity index (χ0n) is 26.5. The summed E-state index contributed by atoms with van der Waals surface area (Å²) >= 11 is 0. The van der Waals surface area contributed by atoms with Gasteiger partial charge in [-0.05, 0) is 92.3 Å². The maximum absolute atomic E-state index is 12.6. The Morgan fingerprint density at radius 3 is 2.48 bits per heavy atom. The molecule has 0 unspecified atom stereocenters. The van der Waals surface area contributed by atoms with Crippen molar-refractivity contribution in [1.29, 1.82) is 0 Å². The van der Waals surface area contributed by atoms with Crippen molar-refractivity contribution in [3.05, 3.63) is 53.6 Å². The average molecular weight is 569 g/mol. The van der Waals surface area contributed by atoms with Crippen molar-refractivity contribution in [2.24, 2.45) is 17.8 Å². The highest BCUT2D eigenvalue weighted by molar-refractivity contribution is 6.74. The highest BCUT2D eigenvalue weighted by Crippen LogP contribution is 2.51. The molecule has 1 aromatic rings. The summed E-state index contributed by atoms with van der Waals surface area (Å²) in [6.07, 6.45) is 17.9. The Kier molecular flexibility index (Phi) is 12.7. The van der Waals surface area contributed by atoms with Crippen LogP contribution < -0.4 is 4.74 Å². The van der Waals surface area contributed by atoms with Gasteiger partial charge in [0.2, 0.25) is 0 Å². The molecular formula is C35H56O4Si. The number of ether oxygens (including phenoxy) is 2. The van der Waals surface area contributed by atoms with Crippen LogP contribution in [0.4, 0.5) is 0 Å². The molecule has 0 N–H and O–H groups in total. The van der Waals surface area contributed by atoms with E-state index in [4.69, 9.17) is 13.9 Å². The van der Waals surface area contributed by atoms with E-state index in [-0.39, 0.29) is 16.9 Å². The molecule has 2 aliphatic carbocycles. The number of methoxy groups -OCH3 is 1. The minimum absolute atomic E-state index is 0.189. The van der Waals surface area contributed by atoms with E-state index >= 15 is 0 Å². The van der Waals surface area contributed by atoms with Crippen molar-refractivity contribution in [1.82, 2.24) is 0 Å². The van der Waals surface area contributed by atoms with Crippen molar-refractivity contribution in [2.75, 3.05) is 13.7 Å². The molecule has 0 aliphatic heterocycles. The minimum atomic E-state index is -1.88. The van der Waals surface area contributed by atoms with Crippen molar-refractivity contribution in [3.8, 4) is 5.75 Å². The first-order valence-corrected chi connectivity index (χ1v) is 18.7. The van der Waals surface area contributed by atoms with Gasteiger partial charge in [0.25, 0.3) is 0 Å². The van der Waals surface area contributed by atoms with E-state index in [0.29, 0.717) is 30.8 Å². The molecule has 224 valence electrons. The van der Waals surface area contributed by atoms with Crippen LogP contribution in [0.5, 0.6) is 5.75 Å². The van der Waals surface area contributed by atoms with E-state index in [9.17, 15) is 4.79 Å². The molecule has 3 rings (SSSR count). The van der Waals surface area contributed by atoms with Crippen molar-refractivity contribution in [3.63, 3.8) is 0 Å². The summed E-state index contributed by atoms with van der Waals surface area (Å²) in [6.45, 7) is 15.3. The van der Waals surface area contributed by atoms with E-state index in [1.165, 1.54) is 24.8 Å². The molecule has 1 saturated carbocycles. The standard InChI is InChI=1S/C35H56O4Si/c1-8-9-11-15-30(36)18-21-32-33-24-28(23-29(33)25-34(32)39-40(6,7)35(2,3)4)14-12-10-13-22-38-26-27-16-19-31(37-5)20-17-27/h16-21,23,29,32-34H,8-15,22,24-26H2,1-7H3/b21-18+/t29-,32+,33-,34+/m0/s1. The molecule has 4 nitrogen and oxygen atoms in total. The van der Waals surface area contributed by atoms with Gasteiger partial charge in [0, 0.05) is 18.9 Å². The number of hydrogen-bond donors (Lipinski definition) is 0. The lowest BCUT2D eigenvalue weighted by Gasteiger charge is -2.40. The number of carbonyl (C=O) groups is 1. The Labute approximate surface area is 246 Å². The molecule has 0 bridgehead atoms. The highest BCUT2D eigenvalue weighted by Gasteiger charge is 2.48. The average Bonchev–Trinajstić information content (AvgIpc) is 3.43. The molecular weight excluding hydrogens is 512 g/mol. The Bertz CT molecular complexity index is 972. The van der Waals surface area contributed by atoms with Crippen LogP contribution >= 0.6 is 0 Å². The third-order valence-corrected chi connectivity index (χ3v) is 13.9. The van der Waals surface area contributed by atoms with Gasteiger partial charge in [-0.1, -0.05) is 76.8 Å². The SMILES string of the molecule is CCCCCC(=O)/C=C/[C@@H]1[C@H]2CC(CCCCCOCc3ccc(OC)cc3)=C[C@H]2C[C@H]1O[Si](C)(C)C(C)(C)C. The van der Waals surface area contributed by atoms with E-state index < -0.39 is 8.32 Å².